The van der Waals surface area contributed by atoms with E-state index in [1.807, 2.05) is 13.2 Å². The number of thiophene rings is 1. The third-order valence-corrected chi connectivity index (χ3v) is 6.07. The maximum atomic E-state index is 12.0. The fourth-order valence-electron chi connectivity index (χ4n) is 2.54. The number of thioether (sulfide) groups is 1. The predicted octanol–water partition coefficient (Wildman–Crippen LogP) is 3.88. The van der Waals surface area contributed by atoms with Crippen LogP contribution in [0.4, 0.5) is 10.7 Å². The van der Waals surface area contributed by atoms with Crippen LogP contribution in [0.5, 0.6) is 0 Å². The highest BCUT2D eigenvalue weighted by atomic mass is 32.2. The normalized spacial score (nSPS) is 19.1. The molecular formula is C14H22N2OS2. The van der Waals surface area contributed by atoms with Crippen LogP contribution in [0.2, 0.25) is 0 Å². The van der Waals surface area contributed by atoms with Crippen molar-refractivity contribution in [2.75, 3.05) is 30.0 Å². The van der Waals surface area contributed by atoms with Crippen LogP contribution in [-0.4, -0.2) is 25.1 Å². The lowest BCUT2D eigenvalue weighted by Gasteiger charge is -2.17. The lowest BCUT2D eigenvalue weighted by atomic mass is 10.1. The monoisotopic (exact) mass is 298 g/mol. The van der Waals surface area contributed by atoms with Crippen LogP contribution >= 0.6 is 23.1 Å². The lowest BCUT2D eigenvalue weighted by Crippen LogP contribution is -2.18. The number of hydrogen-bond donors (Lipinski definition) is 1. The first kappa shape index (κ1) is 14.7. The largest absolute Gasteiger partial charge is 0.396 e. The zero-order chi connectivity index (χ0) is 14.0. The minimum atomic E-state index is 0.162. The minimum absolute atomic E-state index is 0.162. The summed E-state index contributed by atoms with van der Waals surface area (Å²) in [5.41, 5.74) is 6.86. The van der Waals surface area contributed by atoms with Gasteiger partial charge in [-0.2, -0.15) is 0 Å². The van der Waals surface area contributed by atoms with E-state index in [9.17, 15) is 4.79 Å². The van der Waals surface area contributed by atoms with Crippen LogP contribution in [0, 0.1) is 5.92 Å². The van der Waals surface area contributed by atoms with Crippen molar-refractivity contribution in [3.63, 3.8) is 0 Å². The first-order valence-corrected chi connectivity index (χ1v) is 8.90. The number of nitrogens with two attached hydrogens (primary N) is 1. The highest BCUT2D eigenvalue weighted by Crippen LogP contribution is 2.45. The van der Waals surface area contributed by atoms with Crippen molar-refractivity contribution in [2.45, 2.75) is 38.0 Å². The Morgan fingerprint density at radius 2 is 2.26 bits per heavy atom. The van der Waals surface area contributed by atoms with Gasteiger partial charge in [-0.1, -0.05) is 20.3 Å². The highest BCUT2D eigenvalue weighted by molar-refractivity contribution is 7.99. The molecule has 1 fully saturated rings. The Labute approximate surface area is 123 Å². The summed E-state index contributed by atoms with van der Waals surface area (Å²) in [6.45, 7) is 6.33. The maximum Gasteiger partial charge on any atom is 0.174 e. The molecule has 0 bridgehead atoms. The van der Waals surface area contributed by atoms with Crippen molar-refractivity contribution in [2.24, 2.45) is 5.92 Å². The van der Waals surface area contributed by atoms with Crippen molar-refractivity contribution in [3.8, 4) is 0 Å². The van der Waals surface area contributed by atoms with E-state index in [-0.39, 0.29) is 5.78 Å². The standard InChI is InChI=1S/C14H22N2OS2/c1-4-9-6-7-16(8-9)14-13(18-3)11(15)12(19-14)10(17)5-2/h9H,4-8,15H2,1-3H3. The molecule has 1 aliphatic heterocycles. The van der Waals surface area contributed by atoms with E-state index in [4.69, 9.17) is 5.73 Å². The number of carbonyl (C=O) groups is 1. The van der Waals surface area contributed by atoms with E-state index >= 15 is 0 Å². The van der Waals surface area contributed by atoms with Gasteiger partial charge in [-0.05, 0) is 18.6 Å². The van der Waals surface area contributed by atoms with Gasteiger partial charge in [0.05, 0.1) is 15.5 Å². The summed E-state index contributed by atoms with van der Waals surface area (Å²) in [6.07, 6.45) is 5.04. The molecule has 2 rings (SSSR count). The summed E-state index contributed by atoms with van der Waals surface area (Å²) in [5.74, 6) is 0.943. The molecule has 1 aromatic heterocycles. The van der Waals surface area contributed by atoms with E-state index in [2.05, 4.69) is 11.8 Å². The van der Waals surface area contributed by atoms with Crippen LogP contribution in [0.1, 0.15) is 42.8 Å². The quantitative estimate of drug-likeness (QED) is 0.662. The van der Waals surface area contributed by atoms with Gasteiger partial charge in [0.15, 0.2) is 5.78 Å². The number of nitrogen functional groups attached to an aromatic ring is 1. The molecule has 1 aromatic rings. The summed E-state index contributed by atoms with van der Waals surface area (Å²) >= 11 is 3.24. The SMILES string of the molecule is CCC(=O)c1sc(N2CCC(CC)C2)c(SC)c1N. The fourth-order valence-corrected chi connectivity index (χ4v) is 4.77. The van der Waals surface area contributed by atoms with Crippen molar-refractivity contribution >= 4 is 39.6 Å². The smallest absolute Gasteiger partial charge is 0.174 e. The minimum Gasteiger partial charge on any atom is -0.396 e. The van der Waals surface area contributed by atoms with E-state index in [0.29, 0.717) is 12.1 Å². The van der Waals surface area contributed by atoms with Gasteiger partial charge in [0.1, 0.15) is 5.00 Å². The third kappa shape index (κ3) is 2.77. The van der Waals surface area contributed by atoms with Crippen molar-refractivity contribution in [3.05, 3.63) is 4.88 Å². The second-order valence-corrected chi connectivity index (χ2v) is 6.78. The summed E-state index contributed by atoms with van der Waals surface area (Å²) in [4.78, 5) is 16.2. The van der Waals surface area contributed by atoms with Crippen molar-refractivity contribution in [1.82, 2.24) is 0 Å². The average molecular weight is 298 g/mol. The second-order valence-electron chi connectivity index (χ2n) is 4.97. The molecule has 0 amide bonds. The topological polar surface area (TPSA) is 46.3 Å². The second kappa shape index (κ2) is 6.18. The van der Waals surface area contributed by atoms with E-state index in [1.54, 1.807) is 23.1 Å². The number of carbonyl (C=O) groups excluding carboxylic acids is 1. The molecule has 19 heavy (non-hydrogen) atoms. The summed E-state index contributed by atoms with van der Waals surface area (Å²) < 4.78 is 0. The zero-order valence-electron chi connectivity index (χ0n) is 11.9. The van der Waals surface area contributed by atoms with Crippen LogP contribution < -0.4 is 10.6 Å². The number of ketones is 1. The number of nitrogens with zero attached hydrogens (tertiary/aromatic N) is 1. The Bertz CT molecular complexity index is 470. The van der Waals surface area contributed by atoms with Gasteiger partial charge < -0.3 is 10.6 Å². The average Bonchev–Trinajstić information content (AvgIpc) is 3.01. The van der Waals surface area contributed by atoms with Crippen LogP contribution in [-0.2, 0) is 0 Å². The molecule has 1 aliphatic rings. The van der Waals surface area contributed by atoms with Crippen LogP contribution in [0.3, 0.4) is 0 Å². The zero-order valence-corrected chi connectivity index (χ0v) is 13.5. The molecule has 0 aliphatic carbocycles. The van der Waals surface area contributed by atoms with Crippen molar-refractivity contribution < 1.29 is 4.79 Å². The molecule has 1 saturated heterocycles. The molecule has 2 N–H and O–H groups in total. The molecule has 0 aromatic carbocycles. The van der Waals surface area contributed by atoms with Gasteiger partial charge in [0.25, 0.3) is 0 Å². The Hall–Kier alpha value is -0.680. The molecule has 106 valence electrons. The maximum absolute atomic E-state index is 12.0. The Morgan fingerprint density at radius 3 is 2.79 bits per heavy atom. The number of anilines is 2. The molecule has 1 unspecified atom stereocenters. The molecule has 1 atom stereocenters. The van der Waals surface area contributed by atoms with Gasteiger partial charge in [0, 0.05) is 19.5 Å². The predicted molar refractivity (Wildman–Crippen MR) is 85.7 cm³/mol. The Balaban J connectivity index is 2.32. The van der Waals surface area contributed by atoms with Crippen molar-refractivity contribution in [1.29, 1.82) is 0 Å². The first-order chi connectivity index (χ1) is 9.12. The molecule has 3 nitrogen and oxygen atoms in total. The van der Waals surface area contributed by atoms with Crippen LogP contribution in [0.25, 0.3) is 0 Å². The van der Waals surface area contributed by atoms with Gasteiger partial charge in [-0.25, -0.2) is 0 Å². The molecular weight excluding hydrogens is 276 g/mol. The lowest BCUT2D eigenvalue weighted by molar-refractivity contribution is 0.0992. The first-order valence-electron chi connectivity index (χ1n) is 6.86. The van der Waals surface area contributed by atoms with Gasteiger partial charge in [-0.3, -0.25) is 4.79 Å². The van der Waals surface area contributed by atoms with E-state index in [1.165, 1.54) is 17.8 Å². The Kier molecular flexibility index (Phi) is 4.79. The number of Topliss-reactive ketones (excluding diaryl/α,β-unsaturated/α-hetero) is 1. The van der Waals surface area contributed by atoms with E-state index in [0.717, 1.165) is 28.8 Å². The summed E-state index contributed by atoms with van der Waals surface area (Å²) in [6, 6.07) is 0. The summed E-state index contributed by atoms with van der Waals surface area (Å²) in [7, 11) is 0. The van der Waals surface area contributed by atoms with Gasteiger partial charge in [0.2, 0.25) is 0 Å². The molecule has 0 spiro atoms. The number of hydrogen-bond acceptors (Lipinski definition) is 5. The molecule has 0 saturated carbocycles. The molecule has 0 radical (unpaired) electrons. The Morgan fingerprint density at radius 1 is 1.53 bits per heavy atom. The van der Waals surface area contributed by atoms with Gasteiger partial charge in [-0.15, -0.1) is 23.1 Å². The van der Waals surface area contributed by atoms with E-state index < -0.39 is 0 Å². The highest BCUT2D eigenvalue weighted by Gasteiger charge is 2.28. The molecule has 2 heterocycles. The van der Waals surface area contributed by atoms with Gasteiger partial charge >= 0.3 is 0 Å². The van der Waals surface area contributed by atoms with Crippen LogP contribution in [0.15, 0.2) is 4.90 Å². The molecule has 5 heteroatoms. The number of rotatable bonds is 5. The summed E-state index contributed by atoms with van der Waals surface area (Å²) in [5, 5.41) is 1.21. The fraction of sp³-hybridized carbons (Fsp3) is 0.643. The third-order valence-electron chi connectivity index (χ3n) is 3.81.